The summed E-state index contributed by atoms with van der Waals surface area (Å²) in [5.74, 6) is -5.55. The van der Waals surface area contributed by atoms with Gasteiger partial charge < -0.3 is 53.6 Å². The number of rotatable bonds is 17. The van der Waals surface area contributed by atoms with E-state index in [-0.39, 0.29) is 49.7 Å². The molecule has 16 nitrogen and oxygen atoms in total. The highest BCUT2D eigenvalue weighted by Gasteiger charge is 2.31. The number of amides is 3. The fourth-order valence-electron chi connectivity index (χ4n) is 4.02. The Kier molecular flexibility index (Phi) is 13.4. The monoisotopic (exact) mass is 615 g/mol. The molecule has 0 aliphatic carbocycles. The molecule has 0 aliphatic heterocycles. The summed E-state index contributed by atoms with van der Waals surface area (Å²) in [6.45, 7) is 0.123. The fraction of sp³-hybridized carbons (Fsp3) is 0.357. The van der Waals surface area contributed by atoms with E-state index >= 15 is 0 Å². The minimum Gasteiger partial charge on any atom is -0.508 e. The van der Waals surface area contributed by atoms with Crippen molar-refractivity contribution in [3.05, 3.63) is 59.7 Å². The Bertz CT molecular complexity index is 1330. The number of carbonyl (C=O) groups excluding carboxylic acids is 3. The first kappa shape index (κ1) is 34.8. The lowest BCUT2D eigenvalue weighted by atomic mass is 10.0. The highest BCUT2D eigenvalue weighted by atomic mass is 16.4. The molecule has 3 amide bonds. The molecule has 0 bridgehead atoms. The molecule has 16 heteroatoms. The highest BCUT2D eigenvalue weighted by molar-refractivity contribution is 5.95. The maximum absolute atomic E-state index is 13.5. The molecule has 0 aromatic heterocycles. The maximum atomic E-state index is 13.5. The van der Waals surface area contributed by atoms with Gasteiger partial charge in [-0.2, -0.15) is 0 Å². The molecule has 0 aliphatic rings. The van der Waals surface area contributed by atoms with Gasteiger partial charge in [-0.15, -0.1) is 0 Å². The van der Waals surface area contributed by atoms with Crippen LogP contribution in [0, 0.1) is 0 Å². The molecule has 4 unspecified atom stereocenters. The number of hydrogen-bond acceptors (Lipinski definition) is 9. The summed E-state index contributed by atoms with van der Waals surface area (Å²) >= 11 is 0. The van der Waals surface area contributed by atoms with Crippen LogP contribution in [0.1, 0.15) is 30.4 Å². The number of guanidine groups is 1. The number of carboxylic acid groups (broad SMARTS) is 2. The van der Waals surface area contributed by atoms with Crippen LogP contribution in [0.5, 0.6) is 11.5 Å². The van der Waals surface area contributed by atoms with Gasteiger partial charge in [-0.3, -0.25) is 24.2 Å². The van der Waals surface area contributed by atoms with Gasteiger partial charge in [-0.05, 0) is 48.2 Å². The van der Waals surface area contributed by atoms with Crippen LogP contribution in [0.15, 0.2) is 53.5 Å². The summed E-state index contributed by atoms with van der Waals surface area (Å²) < 4.78 is 0. The van der Waals surface area contributed by atoms with Crippen molar-refractivity contribution >= 4 is 35.6 Å². The number of carbonyl (C=O) groups is 5. The van der Waals surface area contributed by atoms with E-state index in [2.05, 4.69) is 20.9 Å². The molecule has 44 heavy (non-hydrogen) atoms. The SMILES string of the molecule is NC(N)=NCCCC(NC(=O)C(Cc1ccc(O)cc1)NC(=O)C(Cc1ccc(O)cc1)NC(=O)C(N)CC(=O)O)C(=O)O. The number of aromatic hydroxyl groups is 2. The first-order valence-electron chi connectivity index (χ1n) is 13.5. The number of carboxylic acids is 2. The van der Waals surface area contributed by atoms with Crippen LogP contribution in [0.3, 0.4) is 0 Å². The molecule has 238 valence electrons. The van der Waals surface area contributed by atoms with Crippen molar-refractivity contribution < 1.29 is 44.4 Å². The van der Waals surface area contributed by atoms with Crippen molar-refractivity contribution in [2.45, 2.75) is 56.3 Å². The molecule has 0 fully saturated rings. The molecule has 0 radical (unpaired) electrons. The molecule has 2 aromatic carbocycles. The van der Waals surface area contributed by atoms with Crippen LogP contribution >= 0.6 is 0 Å². The molecule has 0 saturated carbocycles. The minimum atomic E-state index is -1.48. The summed E-state index contributed by atoms with van der Waals surface area (Å²) in [7, 11) is 0. The number of nitrogens with one attached hydrogen (secondary N) is 3. The molecular formula is C28H37N7O9. The predicted octanol–water partition coefficient (Wildman–Crippen LogP) is -1.72. The first-order chi connectivity index (χ1) is 20.7. The largest absolute Gasteiger partial charge is 0.508 e. The summed E-state index contributed by atoms with van der Waals surface area (Å²) in [6, 6.07) is 5.95. The van der Waals surface area contributed by atoms with Gasteiger partial charge in [0.15, 0.2) is 5.96 Å². The van der Waals surface area contributed by atoms with E-state index in [1.807, 2.05) is 0 Å². The normalized spacial score (nSPS) is 13.4. The van der Waals surface area contributed by atoms with Crippen LogP contribution in [0.2, 0.25) is 0 Å². The first-order valence-corrected chi connectivity index (χ1v) is 13.5. The van der Waals surface area contributed by atoms with E-state index in [4.69, 9.17) is 22.3 Å². The van der Waals surface area contributed by atoms with Crippen LogP contribution < -0.4 is 33.2 Å². The lowest BCUT2D eigenvalue weighted by molar-refractivity contribution is -0.142. The summed E-state index contributed by atoms with van der Waals surface area (Å²) in [4.78, 5) is 66.3. The summed E-state index contributed by atoms with van der Waals surface area (Å²) in [5, 5.41) is 45.3. The van der Waals surface area contributed by atoms with Gasteiger partial charge >= 0.3 is 11.9 Å². The summed E-state index contributed by atoms with van der Waals surface area (Å²) in [6.07, 6.45) is -0.768. The number of benzene rings is 2. The van der Waals surface area contributed by atoms with Gasteiger partial charge in [0.25, 0.3) is 0 Å². The number of hydrogen-bond donors (Lipinski definition) is 10. The van der Waals surface area contributed by atoms with Crippen molar-refractivity contribution in [1.82, 2.24) is 16.0 Å². The third kappa shape index (κ3) is 12.2. The van der Waals surface area contributed by atoms with Crippen LogP contribution in [0.25, 0.3) is 0 Å². The van der Waals surface area contributed by atoms with Crippen LogP contribution in [-0.4, -0.2) is 86.8 Å². The number of nitrogens with two attached hydrogens (primary N) is 3. The van der Waals surface area contributed by atoms with E-state index in [0.717, 1.165) is 0 Å². The molecule has 2 rings (SSSR count). The van der Waals surface area contributed by atoms with E-state index in [9.17, 15) is 39.3 Å². The molecule has 13 N–H and O–H groups in total. The van der Waals surface area contributed by atoms with E-state index in [0.29, 0.717) is 11.1 Å². The second kappa shape index (κ2) is 16.9. The third-order valence-corrected chi connectivity index (χ3v) is 6.31. The Morgan fingerprint density at radius 3 is 1.55 bits per heavy atom. The van der Waals surface area contributed by atoms with Crippen molar-refractivity contribution in [3.63, 3.8) is 0 Å². The topological polar surface area (TPSA) is 293 Å². The van der Waals surface area contributed by atoms with Gasteiger partial charge in [-0.1, -0.05) is 24.3 Å². The number of nitrogens with zero attached hydrogens (tertiary/aromatic N) is 1. The zero-order chi connectivity index (χ0) is 32.8. The number of aliphatic carboxylic acids is 2. The second-order valence-electron chi connectivity index (χ2n) is 9.92. The quantitative estimate of drug-likeness (QED) is 0.0540. The Labute approximate surface area is 252 Å². The zero-order valence-electron chi connectivity index (χ0n) is 23.7. The molecule has 4 atom stereocenters. The lowest BCUT2D eigenvalue weighted by Gasteiger charge is -2.25. The van der Waals surface area contributed by atoms with Crippen LogP contribution in [0.4, 0.5) is 0 Å². The molecule has 0 spiro atoms. The average molecular weight is 616 g/mol. The molecular weight excluding hydrogens is 578 g/mol. The van der Waals surface area contributed by atoms with Crippen molar-refractivity contribution in [3.8, 4) is 11.5 Å². The van der Waals surface area contributed by atoms with Gasteiger partial charge in [0, 0.05) is 19.4 Å². The van der Waals surface area contributed by atoms with Crippen molar-refractivity contribution in [2.75, 3.05) is 6.54 Å². The van der Waals surface area contributed by atoms with E-state index in [1.165, 1.54) is 48.5 Å². The lowest BCUT2D eigenvalue weighted by Crippen LogP contribution is -2.58. The average Bonchev–Trinajstić information content (AvgIpc) is 2.95. The Hall–Kier alpha value is -5.38. The molecule has 0 saturated heterocycles. The second-order valence-corrected chi connectivity index (χ2v) is 9.92. The predicted molar refractivity (Wildman–Crippen MR) is 157 cm³/mol. The van der Waals surface area contributed by atoms with Crippen molar-refractivity contribution in [2.24, 2.45) is 22.2 Å². The molecule has 2 aromatic rings. The van der Waals surface area contributed by atoms with Gasteiger partial charge in [0.2, 0.25) is 17.7 Å². The van der Waals surface area contributed by atoms with Gasteiger partial charge in [0.05, 0.1) is 12.5 Å². The van der Waals surface area contributed by atoms with Crippen LogP contribution in [-0.2, 0) is 36.8 Å². The van der Waals surface area contributed by atoms with Gasteiger partial charge in [0.1, 0.15) is 29.6 Å². The number of aliphatic imine (C=N–C) groups is 1. The minimum absolute atomic E-state index is 0.0290. The highest BCUT2D eigenvalue weighted by Crippen LogP contribution is 2.14. The molecule has 0 heterocycles. The van der Waals surface area contributed by atoms with E-state index < -0.39 is 60.2 Å². The zero-order valence-corrected chi connectivity index (χ0v) is 23.7. The Morgan fingerprint density at radius 1 is 0.705 bits per heavy atom. The standard InChI is InChI=1S/C28H37N7O9/c29-19(14-23(38)39)24(40)34-21(12-15-3-7-17(36)8-4-15)26(42)35-22(13-16-5-9-18(37)10-6-16)25(41)33-20(27(43)44)2-1-11-32-28(30)31/h3-10,19-22,36-37H,1-2,11-14,29H2,(H,33,41)(H,34,40)(H,35,42)(H,38,39)(H,43,44)(H4,30,31,32). The smallest absolute Gasteiger partial charge is 0.326 e. The summed E-state index contributed by atoms with van der Waals surface area (Å²) in [5.41, 5.74) is 17.2. The number of phenols is 2. The van der Waals surface area contributed by atoms with Crippen molar-refractivity contribution in [1.29, 1.82) is 0 Å². The Morgan fingerprint density at radius 2 is 1.14 bits per heavy atom. The Balaban J connectivity index is 2.32. The third-order valence-electron chi connectivity index (χ3n) is 6.31. The van der Waals surface area contributed by atoms with Gasteiger partial charge in [-0.25, -0.2) is 4.79 Å². The van der Waals surface area contributed by atoms with E-state index in [1.54, 1.807) is 0 Å². The fourth-order valence-corrected chi connectivity index (χ4v) is 4.02. The maximum Gasteiger partial charge on any atom is 0.326 e. The number of phenolic OH excluding ortho intramolecular Hbond substituents is 2.